The first-order valence-electron chi connectivity index (χ1n) is 4.42. The standard InChI is InChI=1S/C10H10FN3/c1-2-9-13-8-5-6(11)3-4-7(8)10(12)14-9/h3-5H,2H2,1H3,(H2,12,13,14). The summed E-state index contributed by atoms with van der Waals surface area (Å²) in [5, 5.41) is 0.698. The molecule has 0 aliphatic heterocycles. The predicted molar refractivity (Wildman–Crippen MR) is 53.3 cm³/mol. The number of anilines is 1. The van der Waals surface area contributed by atoms with Gasteiger partial charge in [0.25, 0.3) is 0 Å². The summed E-state index contributed by atoms with van der Waals surface area (Å²) in [6, 6.07) is 4.32. The number of fused-ring (bicyclic) bond motifs is 1. The van der Waals surface area contributed by atoms with Gasteiger partial charge in [-0.3, -0.25) is 0 Å². The van der Waals surface area contributed by atoms with E-state index in [1.54, 1.807) is 6.07 Å². The smallest absolute Gasteiger partial charge is 0.135 e. The van der Waals surface area contributed by atoms with E-state index in [1.165, 1.54) is 12.1 Å². The monoisotopic (exact) mass is 191 g/mol. The van der Waals surface area contributed by atoms with Crippen molar-refractivity contribution in [1.29, 1.82) is 0 Å². The van der Waals surface area contributed by atoms with Gasteiger partial charge in [0, 0.05) is 17.9 Å². The number of hydrogen-bond donors (Lipinski definition) is 1. The van der Waals surface area contributed by atoms with Crippen LogP contribution < -0.4 is 5.73 Å². The van der Waals surface area contributed by atoms with Crippen molar-refractivity contribution in [3.8, 4) is 0 Å². The summed E-state index contributed by atoms with van der Waals surface area (Å²) in [5.74, 6) is 0.741. The Morgan fingerprint density at radius 2 is 2.14 bits per heavy atom. The lowest BCUT2D eigenvalue weighted by Crippen LogP contribution is -2.00. The molecule has 0 aliphatic rings. The van der Waals surface area contributed by atoms with Crippen molar-refractivity contribution in [2.75, 3.05) is 5.73 Å². The van der Waals surface area contributed by atoms with Crippen LogP contribution in [0, 0.1) is 5.82 Å². The molecule has 14 heavy (non-hydrogen) atoms. The minimum atomic E-state index is -0.308. The molecule has 72 valence electrons. The molecule has 2 N–H and O–H groups in total. The van der Waals surface area contributed by atoms with Crippen LogP contribution >= 0.6 is 0 Å². The van der Waals surface area contributed by atoms with Crippen LogP contribution in [0.5, 0.6) is 0 Å². The average Bonchev–Trinajstić information content (AvgIpc) is 2.16. The van der Waals surface area contributed by atoms with Crippen molar-refractivity contribution in [1.82, 2.24) is 9.97 Å². The molecule has 0 saturated carbocycles. The van der Waals surface area contributed by atoms with E-state index in [-0.39, 0.29) is 5.82 Å². The van der Waals surface area contributed by atoms with Gasteiger partial charge in [0.2, 0.25) is 0 Å². The van der Waals surface area contributed by atoms with Gasteiger partial charge in [-0.15, -0.1) is 0 Å². The second-order valence-electron chi connectivity index (χ2n) is 3.04. The third-order valence-electron chi connectivity index (χ3n) is 2.05. The molecule has 0 fully saturated rings. The molecular weight excluding hydrogens is 181 g/mol. The fraction of sp³-hybridized carbons (Fsp3) is 0.200. The third-order valence-corrected chi connectivity index (χ3v) is 2.05. The van der Waals surface area contributed by atoms with Crippen LogP contribution in [0.1, 0.15) is 12.7 Å². The van der Waals surface area contributed by atoms with Crippen molar-refractivity contribution in [3.05, 3.63) is 29.8 Å². The van der Waals surface area contributed by atoms with Crippen molar-refractivity contribution in [2.24, 2.45) is 0 Å². The lowest BCUT2D eigenvalue weighted by Gasteiger charge is -2.03. The number of aromatic nitrogens is 2. The number of hydrogen-bond acceptors (Lipinski definition) is 3. The molecule has 0 radical (unpaired) electrons. The summed E-state index contributed by atoms with van der Waals surface area (Å²) in [6.07, 6.45) is 0.691. The van der Waals surface area contributed by atoms with E-state index >= 15 is 0 Å². The van der Waals surface area contributed by atoms with Crippen LogP contribution in [0.3, 0.4) is 0 Å². The van der Waals surface area contributed by atoms with E-state index < -0.39 is 0 Å². The lowest BCUT2D eigenvalue weighted by molar-refractivity contribution is 0.629. The van der Waals surface area contributed by atoms with E-state index in [1.807, 2.05) is 6.92 Å². The topological polar surface area (TPSA) is 51.8 Å². The Bertz CT molecular complexity index is 482. The Morgan fingerprint density at radius 1 is 1.36 bits per heavy atom. The highest BCUT2D eigenvalue weighted by Crippen LogP contribution is 2.18. The molecule has 3 nitrogen and oxygen atoms in total. The van der Waals surface area contributed by atoms with Crippen LogP contribution in [0.2, 0.25) is 0 Å². The van der Waals surface area contributed by atoms with Crippen molar-refractivity contribution in [3.63, 3.8) is 0 Å². The van der Waals surface area contributed by atoms with Crippen molar-refractivity contribution < 1.29 is 4.39 Å². The van der Waals surface area contributed by atoms with Gasteiger partial charge in [-0.1, -0.05) is 6.92 Å². The summed E-state index contributed by atoms with van der Waals surface area (Å²) < 4.78 is 12.9. The van der Waals surface area contributed by atoms with Crippen LogP contribution in [0.15, 0.2) is 18.2 Å². The molecule has 1 aromatic carbocycles. The average molecular weight is 191 g/mol. The first-order chi connectivity index (χ1) is 6.70. The van der Waals surface area contributed by atoms with Gasteiger partial charge in [0.15, 0.2) is 0 Å². The van der Waals surface area contributed by atoms with E-state index in [9.17, 15) is 4.39 Å². The highest BCUT2D eigenvalue weighted by atomic mass is 19.1. The van der Waals surface area contributed by atoms with Gasteiger partial charge in [-0.2, -0.15) is 0 Å². The second-order valence-corrected chi connectivity index (χ2v) is 3.04. The Hall–Kier alpha value is -1.71. The van der Waals surface area contributed by atoms with E-state index in [4.69, 9.17) is 5.73 Å². The summed E-state index contributed by atoms with van der Waals surface area (Å²) in [6.45, 7) is 1.93. The molecule has 1 heterocycles. The third kappa shape index (κ3) is 1.39. The highest BCUT2D eigenvalue weighted by Gasteiger charge is 2.04. The Balaban J connectivity index is 2.77. The SMILES string of the molecule is CCc1nc(N)c2ccc(F)cc2n1. The number of benzene rings is 1. The number of nitrogens with zero attached hydrogens (tertiary/aromatic N) is 2. The van der Waals surface area contributed by atoms with E-state index in [0.717, 1.165) is 0 Å². The zero-order valence-corrected chi connectivity index (χ0v) is 7.79. The molecule has 0 atom stereocenters. The second kappa shape index (κ2) is 3.21. The summed E-state index contributed by atoms with van der Waals surface area (Å²) in [7, 11) is 0. The van der Waals surface area contributed by atoms with Gasteiger partial charge < -0.3 is 5.73 Å². The van der Waals surface area contributed by atoms with Crippen LogP contribution in [0.4, 0.5) is 10.2 Å². The molecule has 0 aliphatic carbocycles. The Kier molecular flexibility index (Phi) is 2.04. The summed E-state index contributed by atoms with van der Waals surface area (Å²) in [4.78, 5) is 8.28. The first kappa shape index (κ1) is 8.87. The van der Waals surface area contributed by atoms with Gasteiger partial charge in [-0.05, 0) is 12.1 Å². The summed E-state index contributed by atoms with van der Waals surface area (Å²) >= 11 is 0. The summed E-state index contributed by atoms with van der Waals surface area (Å²) in [5.41, 5.74) is 6.27. The molecule has 2 aromatic rings. The minimum absolute atomic E-state index is 0.308. The predicted octanol–water partition coefficient (Wildman–Crippen LogP) is 1.91. The largest absolute Gasteiger partial charge is 0.383 e. The zero-order valence-electron chi connectivity index (χ0n) is 7.79. The molecule has 0 amide bonds. The normalized spacial score (nSPS) is 10.7. The van der Waals surface area contributed by atoms with Gasteiger partial charge in [-0.25, -0.2) is 14.4 Å². The fourth-order valence-corrected chi connectivity index (χ4v) is 1.34. The Labute approximate surface area is 80.8 Å². The molecule has 4 heteroatoms. The Morgan fingerprint density at radius 3 is 2.86 bits per heavy atom. The molecule has 0 bridgehead atoms. The lowest BCUT2D eigenvalue weighted by atomic mass is 10.2. The number of aryl methyl sites for hydroxylation is 1. The number of halogens is 1. The highest BCUT2D eigenvalue weighted by molar-refractivity contribution is 5.87. The number of nitrogen functional groups attached to an aromatic ring is 1. The maximum Gasteiger partial charge on any atom is 0.135 e. The minimum Gasteiger partial charge on any atom is -0.383 e. The van der Waals surface area contributed by atoms with Crippen LogP contribution in [-0.4, -0.2) is 9.97 Å². The van der Waals surface area contributed by atoms with E-state index in [0.29, 0.717) is 29.0 Å². The first-order valence-corrected chi connectivity index (χ1v) is 4.42. The van der Waals surface area contributed by atoms with Gasteiger partial charge >= 0.3 is 0 Å². The molecule has 0 unspecified atom stereocenters. The molecule has 0 spiro atoms. The van der Waals surface area contributed by atoms with Crippen LogP contribution in [-0.2, 0) is 6.42 Å². The number of nitrogens with two attached hydrogens (primary N) is 1. The molecular formula is C10H10FN3. The number of rotatable bonds is 1. The maximum atomic E-state index is 12.9. The van der Waals surface area contributed by atoms with Gasteiger partial charge in [0.1, 0.15) is 17.5 Å². The molecule has 2 rings (SSSR count). The zero-order chi connectivity index (χ0) is 10.1. The van der Waals surface area contributed by atoms with E-state index in [2.05, 4.69) is 9.97 Å². The molecule has 1 aromatic heterocycles. The quantitative estimate of drug-likeness (QED) is 0.749. The maximum absolute atomic E-state index is 12.9. The van der Waals surface area contributed by atoms with Crippen molar-refractivity contribution in [2.45, 2.75) is 13.3 Å². The fourth-order valence-electron chi connectivity index (χ4n) is 1.34. The van der Waals surface area contributed by atoms with Crippen molar-refractivity contribution >= 4 is 16.7 Å². The van der Waals surface area contributed by atoms with Gasteiger partial charge in [0.05, 0.1) is 5.52 Å². The molecule has 0 saturated heterocycles. The van der Waals surface area contributed by atoms with Crippen LogP contribution in [0.25, 0.3) is 10.9 Å².